The number of pyridine rings is 1. The zero-order valence-electron chi connectivity index (χ0n) is 10.1. The molecule has 96 valence electrons. The van der Waals surface area contributed by atoms with Gasteiger partial charge in [0, 0.05) is 24.9 Å². The van der Waals surface area contributed by atoms with E-state index < -0.39 is 5.97 Å². The van der Waals surface area contributed by atoms with E-state index in [1.54, 1.807) is 18.3 Å². The molecule has 0 saturated carbocycles. The van der Waals surface area contributed by atoms with E-state index in [1.165, 1.54) is 19.2 Å². The third-order valence-electron chi connectivity index (χ3n) is 2.42. The van der Waals surface area contributed by atoms with Crippen LogP contribution in [0.4, 0.5) is 0 Å². The Bertz CT molecular complexity index is 690. The van der Waals surface area contributed by atoms with Crippen LogP contribution in [0.2, 0.25) is 0 Å². The maximum Gasteiger partial charge on any atom is 0.328 e. The van der Waals surface area contributed by atoms with Gasteiger partial charge in [-0.05, 0) is 24.3 Å². The number of carboxylic acid groups (broad SMARTS) is 1. The lowest BCUT2D eigenvalue weighted by Crippen LogP contribution is -2.22. The highest BCUT2D eigenvalue weighted by molar-refractivity contribution is 5.85. The largest absolute Gasteiger partial charge is 0.478 e. The van der Waals surface area contributed by atoms with Gasteiger partial charge in [-0.2, -0.15) is 5.10 Å². The molecule has 0 spiro atoms. The van der Waals surface area contributed by atoms with Gasteiger partial charge in [0.05, 0.1) is 5.69 Å². The van der Waals surface area contributed by atoms with Crippen LogP contribution in [0.25, 0.3) is 17.5 Å². The minimum absolute atomic E-state index is 0.251. The number of hydrogen-bond acceptors (Lipinski definition) is 4. The van der Waals surface area contributed by atoms with Gasteiger partial charge < -0.3 is 5.11 Å². The van der Waals surface area contributed by atoms with Crippen molar-refractivity contribution in [3.63, 3.8) is 0 Å². The number of aliphatic carboxylic acids is 1. The molecule has 0 saturated heterocycles. The summed E-state index contributed by atoms with van der Waals surface area (Å²) < 4.78 is 1.16. The Labute approximate surface area is 108 Å². The Kier molecular flexibility index (Phi) is 3.51. The van der Waals surface area contributed by atoms with E-state index in [0.29, 0.717) is 11.4 Å². The first kappa shape index (κ1) is 12.7. The smallest absolute Gasteiger partial charge is 0.328 e. The second-order valence-electron chi connectivity index (χ2n) is 3.80. The third-order valence-corrected chi connectivity index (χ3v) is 2.42. The highest BCUT2D eigenvalue weighted by atomic mass is 16.4. The fraction of sp³-hybridized carbons (Fsp3) is 0.0769. The lowest BCUT2D eigenvalue weighted by molar-refractivity contribution is -0.131. The molecule has 6 heteroatoms. The first-order valence-corrected chi connectivity index (χ1v) is 5.48. The summed E-state index contributed by atoms with van der Waals surface area (Å²) in [4.78, 5) is 26.4. The second-order valence-corrected chi connectivity index (χ2v) is 3.80. The zero-order chi connectivity index (χ0) is 13.8. The van der Waals surface area contributed by atoms with Gasteiger partial charge in [-0.1, -0.05) is 6.07 Å². The van der Waals surface area contributed by atoms with E-state index in [4.69, 9.17) is 5.11 Å². The van der Waals surface area contributed by atoms with Gasteiger partial charge >= 0.3 is 5.97 Å². The maximum atomic E-state index is 11.8. The monoisotopic (exact) mass is 257 g/mol. The standard InChI is InChI=1S/C13H11N3O3/c1-16-13(19)9(5-6-12(17)18)8-11(15-16)10-4-2-3-7-14-10/h2-8H,1H3,(H,17,18)/b6-5+. The minimum Gasteiger partial charge on any atom is -0.478 e. The maximum absolute atomic E-state index is 11.8. The molecule has 0 bridgehead atoms. The van der Waals surface area contributed by atoms with Crippen LogP contribution in [-0.2, 0) is 11.8 Å². The summed E-state index contributed by atoms with van der Waals surface area (Å²) in [5.41, 5.74) is 1.01. The predicted octanol–water partition coefficient (Wildman–Crippen LogP) is 0.940. The number of hydrogen-bond donors (Lipinski definition) is 1. The molecule has 2 rings (SSSR count). The molecule has 0 aliphatic rings. The van der Waals surface area contributed by atoms with E-state index in [1.807, 2.05) is 6.07 Å². The first-order chi connectivity index (χ1) is 9.08. The summed E-state index contributed by atoms with van der Waals surface area (Å²) in [6, 6.07) is 6.86. The fourth-order valence-corrected chi connectivity index (χ4v) is 1.55. The average Bonchev–Trinajstić information content (AvgIpc) is 2.41. The summed E-state index contributed by atoms with van der Waals surface area (Å²) in [6.45, 7) is 0. The molecule has 0 aliphatic carbocycles. The Balaban J connectivity index is 2.54. The average molecular weight is 257 g/mol. The minimum atomic E-state index is -1.11. The summed E-state index contributed by atoms with van der Waals surface area (Å²) >= 11 is 0. The number of aryl methyl sites for hydroxylation is 1. The lowest BCUT2D eigenvalue weighted by atomic mass is 10.2. The molecule has 19 heavy (non-hydrogen) atoms. The molecular formula is C13H11N3O3. The fourth-order valence-electron chi connectivity index (χ4n) is 1.55. The van der Waals surface area contributed by atoms with Gasteiger partial charge in [0.1, 0.15) is 5.69 Å². The normalized spacial score (nSPS) is 10.8. The van der Waals surface area contributed by atoms with Crippen LogP contribution in [0.1, 0.15) is 5.56 Å². The molecule has 0 unspecified atom stereocenters. The van der Waals surface area contributed by atoms with Crippen molar-refractivity contribution in [3.05, 3.63) is 52.5 Å². The summed E-state index contributed by atoms with van der Waals surface area (Å²) in [6.07, 6.45) is 3.78. The Morgan fingerprint density at radius 2 is 2.16 bits per heavy atom. The SMILES string of the molecule is Cn1nc(-c2ccccn2)cc(/C=C/C(=O)O)c1=O. The van der Waals surface area contributed by atoms with Gasteiger partial charge in [-0.25, -0.2) is 9.48 Å². The first-order valence-electron chi connectivity index (χ1n) is 5.48. The molecule has 0 radical (unpaired) electrons. The number of nitrogens with zero attached hydrogens (tertiary/aromatic N) is 3. The van der Waals surface area contributed by atoms with Gasteiger partial charge in [-0.15, -0.1) is 0 Å². The Morgan fingerprint density at radius 3 is 2.79 bits per heavy atom. The van der Waals surface area contributed by atoms with Crippen LogP contribution < -0.4 is 5.56 Å². The summed E-state index contributed by atoms with van der Waals surface area (Å²) in [5, 5.41) is 12.7. The Morgan fingerprint density at radius 1 is 1.37 bits per heavy atom. The van der Waals surface area contributed by atoms with E-state index in [2.05, 4.69) is 10.1 Å². The number of rotatable bonds is 3. The third kappa shape index (κ3) is 2.92. The molecule has 0 aromatic carbocycles. The van der Waals surface area contributed by atoms with Crippen molar-refractivity contribution in [3.8, 4) is 11.4 Å². The van der Waals surface area contributed by atoms with Crippen LogP contribution in [0.5, 0.6) is 0 Å². The van der Waals surface area contributed by atoms with Gasteiger partial charge in [0.2, 0.25) is 0 Å². The zero-order valence-corrected chi connectivity index (χ0v) is 10.1. The molecule has 0 fully saturated rings. The van der Waals surface area contributed by atoms with Crippen LogP contribution in [-0.4, -0.2) is 25.8 Å². The van der Waals surface area contributed by atoms with Gasteiger partial charge in [0.25, 0.3) is 5.56 Å². The van der Waals surface area contributed by atoms with Crippen molar-refractivity contribution < 1.29 is 9.90 Å². The number of aromatic nitrogens is 3. The molecule has 0 aliphatic heterocycles. The van der Waals surface area contributed by atoms with Crippen molar-refractivity contribution in [1.82, 2.24) is 14.8 Å². The second kappa shape index (κ2) is 5.26. The van der Waals surface area contributed by atoms with Crippen molar-refractivity contribution in [2.45, 2.75) is 0 Å². The van der Waals surface area contributed by atoms with Crippen LogP contribution in [0.3, 0.4) is 0 Å². The predicted molar refractivity (Wildman–Crippen MR) is 69.4 cm³/mol. The van der Waals surface area contributed by atoms with E-state index in [-0.39, 0.29) is 11.1 Å². The molecule has 0 amide bonds. The molecule has 1 N–H and O–H groups in total. The lowest BCUT2D eigenvalue weighted by Gasteiger charge is -2.04. The number of carboxylic acids is 1. The number of carbonyl (C=O) groups is 1. The quantitative estimate of drug-likeness (QED) is 0.827. The molecule has 0 atom stereocenters. The summed E-state index contributed by atoms with van der Waals surface area (Å²) in [5.74, 6) is -1.11. The van der Waals surface area contributed by atoms with Crippen LogP contribution in [0, 0.1) is 0 Å². The van der Waals surface area contributed by atoms with Crippen LogP contribution >= 0.6 is 0 Å². The van der Waals surface area contributed by atoms with Crippen molar-refractivity contribution in [2.75, 3.05) is 0 Å². The Hall–Kier alpha value is -2.76. The van der Waals surface area contributed by atoms with Crippen molar-refractivity contribution in [2.24, 2.45) is 7.05 Å². The highest BCUT2D eigenvalue weighted by Crippen LogP contribution is 2.13. The molecule has 2 aromatic rings. The van der Waals surface area contributed by atoms with Crippen molar-refractivity contribution in [1.29, 1.82) is 0 Å². The van der Waals surface area contributed by atoms with E-state index >= 15 is 0 Å². The van der Waals surface area contributed by atoms with Gasteiger partial charge in [0.15, 0.2) is 0 Å². The molecule has 2 aromatic heterocycles. The topological polar surface area (TPSA) is 85.1 Å². The molecule has 2 heterocycles. The van der Waals surface area contributed by atoms with Crippen LogP contribution in [0.15, 0.2) is 41.3 Å². The molecular weight excluding hydrogens is 246 g/mol. The van der Waals surface area contributed by atoms with Crippen molar-refractivity contribution >= 4 is 12.0 Å². The highest BCUT2D eigenvalue weighted by Gasteiger charge is 2.06. The summed E-state index contributed by atoms with van der Waals surface area (Å²) in [7, 11) is 1.51. The van der Waals surface area contributed by atoms with E-state index in [9.17, 15) is 9.59 Å². The van der Waals surface area contributed by atoms with E-state index in [0.717, 1.165) is 10.8 Å². The molecule has 6 nitrogen and oxygen atoms in total. The van der Waals surface area contributed by atoms with Gasteiger partial charge in [-0.3, -0.25) is 9.78 Å².